The topological polar surface area (TPSA) is 85.3 Å². The molecule has 0 bridgehead atoms. The lowest BCUT2D eigenvalue weighted by molar-refractivity contribution is -0.113. The van der Waals surface area contributed by atoms with Crippen LogP contribution in [0.3, 0.4) is 0 Å². The van der Waals surface area contributed by atoms with Gasteiger partial charge in [0, 0.05) is 11.1 Å². The molecule has 0 unspecified atom stereocenters. The van der Waals surface area contributed by atoms with Crippen molar-refractivity contribution in [3.63, 3.8) is 0 Å². The number of aryl methyl sites for hydroxylation is 1. The molecule has 0 saturated carbocycles. The van der Waals surface area contributed by atoms with Gasteiger partial charge < -0.3 is 14.4 Å². The standard InChI is InChI=1S/C26H28N2O5/c1-7-15-8-19-14(2)13-26(3,4)28-22(19)20(9-15)21(23(28)29)27-18-11-16(24(30)32-5)10-17(12-18)25(31)33-6/h8-12,14H,7,13H2,1-6H3/t14-/m0/s1. The molecule has 2 heterocycles. The van der Waals surface area contributed by atoms with Crippen molar-refractivity contribution in [1.82, 2.24) is 0 Å². The average molecular weight is 449 g/mol. The summed E-state index contributed by atoms with van der Waals surface area (Å²) in [6.45, 7) is 8.41. The van der Waals surface area contributed by atoms with Gasteiger partial charge in [-0.15, -0.1) is 0 Å². The molecule has 0 aliphatic carbocycles. The second kappa shape index (κ2) is 8.14. The van der Waals surface area contributed by atoms with E-state index in [1.165, 1.54) is 32.4 Å². The zero-order valence-corrected chi connectivity index (χ0v) is 19.8. The summed E-state index contributed by atoms with van der Waals surface area (Å²) in [7, 11) is 2.53. The molecule has 0 spiro atoms. The number of carbonyl (C=O) groups is 3. The summed E-state index contributed by atoms with van der Waals surface area (Å²) < 4.78 is 9.64. The van der Waals surface area contributed by atoms with Crippen LogP contribution < -0.4 is 4.90 Å². The molecule has 0 aromatic heterocycles. The second-order valence-electron chi connectivity index (χ2n) is 9.21. The van der Waals surface area contributed by atoms with Crippen molar-refractivity contribution in [2.24, 2.45) is 4.99 Å². The van der Waals surface area contributed by atoms with Gasteiger partial charge in [0.2, 0.25) is 0 Å². The van der Waals surface area contributed by atoms with Gasteiger partial charge in [-0.25, -0.2) is 14.6 Å². The van der Waals surface area contributed by atoms with Gasteiger partial charge in [-0.2, -0.15) is 0 Å². The zero-order chi connectivity index (χ0) is 24.1. The van der Waals surface area contributed by atoms with E-state index in [1.54, 1.807) is 0 Å². The van der Waals surface area contributed by atoms with E-state index in [0.717, 1.165) is 35.2 Å². The SMILES string of the molecule is CCc1cc2c3c(c1)[C@@H](C)CC(C)(C)N3C(=O)C2=Nc1cc(C(=O)OC)cc(C(=O)OC)c1. The second-order valence-corrected chi connectivity index (χ2v) is 9.21. The van der Waals surface area contributed by atoms with Crippen molar-refractivity contribution >= 4 is 34.9 Å². The maximum atomic E-state index is 13.7. The summed E-state index contributed by atoms with van der Waals surface area (Å²) in [4.78, 5) is 44.6. The summed E-state index contributed by atoms with van der Waals surface area (Å²) >= 11 is 0. The number of amides is 1. The van der Waals surface area contributed by atoms with Crippen molar-refractivity contribution in [1.29, 1.82) is 0 Å². The number of ether oxygens (including phenoxy) is 2. The molecular weight excluding hydrogens is 420 g/mol. The molecule has 2 aliphatic rings. The molecule has 2 aromatic rings. The number of hydrogen-bond acceptors (Lipinski definition) is 6. The number of nitrogens with zero attached hydrogens (tertiary/aromatic N) is 2. The van der Waals surface area contributed by atoms with E-state index >= 15 is 0 Å². The molecule has 2 aromatic carbocycles. The molecule has 2 aliphatic heterocycles. The minimum atomic E-state index is -0.606. The number of anilines is 1. The molecule has 1 atom stereocenters. The maximum absolute atomic E-state index is 13.7. The van der Waals surface area contributed by atoms with Crippen LogP contribution in [0, 0.1) is 0 Å². The van der Waals surface area contributed by atoms with Crippen molar-refractivity contribution < 1.29 is 23.9 Å². The third-order valence-corrected chi connectivity index (χ3v) is 6.43. The maximum Gasteiger partial charge on any atom is 0.337 e. The first-order valence-electron chi connectivity index (χ1n) is 11.0. The van der Waals surface area contributed by atoms with E-state index in [-0.39, 0.29) is 22.6 Å². The van der Waals surface area contributed by atoms with Crippen LogP contribution in [0.2, 0.25) is 0 Å². The summed E-state index contributed by atoms with van der Waals surface area (Å²) in [6.07, 6.45) is 1.68. The fourth-order valence-corrected chi connectivity index (χ4v) is 4.96. The van der Waals surface area contributed by atoms with Gasteiger partial charge in [0.1, 0.15) is 5.71 Å². The Morgan fingerprint density at radius 1 is 1.06 bits per heavy atom. The smallest absolute Gasteiger partial charge is 0.337 e. The molecule has 7 nitrogen and oxygen atoms in total. The number of aliphatic imine (C=N–C) groups is 1. The highest BCUT2D eigenvalue weighted by atomic mass is 16.5. The summed E-state index contributed by atoms with van der Waals surface area (Å²) in [5.74, 6) is -1.09. The Bertz CT molecular complexity index is 1180. The lowest BCUT2D eigenvalue weighted by Crippen LogP contribution is -2.50. The lowest BCUT2D eigenvalue weighted by atomic mass is 9.79. The predicted molar refractivity (Wildman–Crippen MR) is 126 cm³/mol. The van der Waals surface area contributed by atoms with Crippen LogP contribution in [0.15, 0.2) is 35.3 Å². The van der Waals surface area contributed by atoms with Crippen molar-refractivity contribution in [2.45, 2.75) is 52.0 Å². The summed E-state index contributed by atoms with van der Waals surface area (Å²) in [6, 6.07) is 8.63. The number of rotatable bonds is 4. The Hall–Kier alpha value is -3.48. The molecule has 1 amide bonds. The van der Waals surface area contributed by atoms with Gasteiger partial charge in [0.25, 0.3) is 5.91 Å². The van der Waals surface area contributed by atoms with E-state index in [2.05, 4.69) is 38.8 Å². The lowest BCUT2D eigenvalue weighted by Gasteiger charge is -2.43. The Balaban J connectivity index is 1.95. The predicted octanol–water partition coefficient (Wildman–Crippen LogP) is 4.58. The van der Waals surface area contributed by atoms with E-state index in [9.17, 15) is 14.4 Å². The third-order valence-electron chi connectivity index (χ3n) is 6.43. The first-order valence-corrected chi connectivity index (χ1v) is 11.0. The van der Waals surface area contributed by atoms with E-state index in [0.29, 0.717) is 17.3 Å². The molecule has 33 heavy (non-hydrogen) atoms. The molecular formula is C26H28N2O5. The number of benzene rings is 2. The average Bonchev–Trinajstić information content (AvgIpc) is 3.08. The van der Waals surface area contributed by atoms with E-state index in [1.807, 2.05) is 11.0 Å². The van der Waals surface area contributed by atoms with Crippen LogP contribution in [0.4, 0.5) is 11.4 Å². The molecule has 7 heteroatoms. The van der Waals surface area contributed by atoms with Crippen LogP contribution in [-0.2, 0) is 20.7 Å². The van der Waals surface area contributed by atoms with Crippen LogP contribution in [-0.4, -0.2) is 43.3 Å². The molecule has 0 fully saturated rings. The summed E-state index contributed by atoms with van der Waals surface area (Å²) in [5, 5.41) is 0. The first-order chi connectivity index (χ1) is 15.6. The van der Waals surface area contributed by atoms with Crippen molar-refractivity contribution in [3.8, 4) is 0 Å². The Morgan fingerprint density at radius 3 is 2.21 bits per heavy atom. The normalized spacial score (nSPS) is 19.5. The Kier molecular flexibility index (Phi) is 5.60. The number of methoxy groups -OCH3 is 2. The Labute approximate surface area is 193 Å². The van der Waals surface area contributed by atoms with Crippen LogP contribution in [0.25, 0.3) is 0 Å². The van der Waals surface area contributed by atoms with Crippen LogP contribution in [0.5, 0.6) is 0 Å². The number of esters is 2. The van der Waals surface area contributed by atoms with Crippen LogP contribution >= 0.6 is 0 Å². The Morgan fingerprint density at radius 2 is 1.67 bits per heavy atom. The highest BCUT2D eigenvalue weighted by molar-refractivity contribution is 6.55. The van der Waals surface area contributed by atoms with Gasteiger partial charge in [-0.3, -0.25) is 4.79 Å². The highest BCUT2D eigenvalue weighted by Crippen LogP contribution is 2.49. The zero-order valence-electron chi connectivity index (χ0n) is 19.8. The largest absolute Gasteiger partial charge is 0.465 e. The highest BCUT2D eigenvalue weighted by Gasteiger charge is 2.48. The quantitative estimate of drug-likeness (QED) is 0.640. The monoisotopic (exact) mass is 448 g/mol. The molecule has 0 N–H and O–H groups in total. The van der Waals surface area contributed by atoms with E-state index < -0.39 is 11.9 Å². The molecule has 0 radical (unpaired) electrons. The van der Waals surface area contributed by atoms with Crippen LogP contribution in [0.1, 0.15) is 77.4 Å². The van der Waals surface area contributed by atoms with E-state index in [4.69, 9.17) is 9.47 Å². The number of hydrogen-bond donors (Lipinski definition) is 0. The fourth-order valence-electron chi connectivity index (χ4n) is 4.96. The van der Waals surface area contributed by atoms with Crippen molar-refractivity contribution in [3.05, 3.63) is 58.1 Å². The minimum Gasteiger partial charge on any atom is -0.465 e. The van der Waals surface area contributed by atoms with Crippen molar-refractivity contribution in [2.75, 3.05) is 19.1 Å². The molecule has 0 saturated heterocycles. The van der Waals surface area contributed by atoms with Gasteiger partial charge in [0.15, 0.2) is 0 Å². The van der Waals surface area contributed by atoms with Gasteiger partial charge >= 0.3 is 11.9 Å². The van der Waals surface area contributed by atoms with Gasteiger partial charge in [-0.1, -0.05) is 19.9 Å². The summed E-state index contributed by atoms with van der Waals surface area (Å²) in [5.41, 5.74) is 4.55. The number of carbonyl (C=O) groups excluding carboxylic acids is 3. The molecule has 4 rings (SSSR count). The van der Waals surface area contributed by atoms with Gasteiger partial charge in [-0.05, 0) is 68.0 Å². The minimum absolute atomic E-state index is 0.156. The molecule has 172 valence electrons. The van der Waals surface area contributed by atoms with Gasteiger partial charge in [0.05, 0.1) is 36.7 Å². The fraction of sp³-hybridized carbons (Fsp3) is 0.385. The third kappa shape index (κ3) is 3.71. The first kappa shape index (κ1) is 22.7.